The van der Waals surface area contributed by atoms with E-state index in [2.05, 4.69) is 15.9 Å². The van der Waals surface area contributed by atoms with Crippen LogP contribution in [0, 0.1) is 21.4 Å². The highest BCUT2D eigenvalue weighted by Gasteiger charge is 2.18. The maximum atomic E-state index is 11.1. The van der Waals surface area contributed by atoms with Crippen LogP contribution in [0.1, 0.15) is 5.56 Å². The molecule has 2 aromatic rings. The van der Waals surface area contributed by atoms with E-state index in [1.807, 2.05) is 6.07 Å². The lowest BCUT2D eigenvalue weighted by atomic mass is 10.2. The van der Waals surface area contributed by atoms with E-state index in [9.17, 15) is 10.1 Å². The smallest absolute Gasteiger partial charge is 0.315 e. The van der Waals surface area contributed by atoms with Gasteiger partial charge in [-0.25, -0.2) is 0 Å². The first-order valence-electron chi connectivity index (χ1n) is 5.75. The second-order valence-electron chi connectivity index (χ2n) is 3.95. The van der Waals surface area contributed by atoms with E-state index in [4.69, 9.17) is 14.7 Å². The van der Waals surface area contributed by atoms with Crippen LogP contribution in [0.2, 0.25) is 0 Å². The van der Waals surface area contributed by atoms with Crippen LogP contribution in [0.25, 0.3) is 0 Å². The summed E-state index contributed by atoms with van der Waals surface area (Å²) in [7, 11) is 1.43. The van der Waals surface area contributed by atoms with E-state index in [-0.39, 0.29) is 11.4 Å². The van der Waals surface area contributed by atoms with Gasteiger partial charge >= 0.3 is 5.69 Å². The number of nitro benzene ring substituents is 1. The van der Waals surface area contributed by atoms with Crippen molar-refractivity contribution < 1.29 is 14.4 Å². The minimum atomic E-state index is -0.546. The fourth-order valence-corrected chi connectivity index (χ4v) is 2.08. The number of methoxy groups -OCH3 is 1. The molecule has 0 bridgehead atoms. The predicted octanol–water partition coefficient (Wildman–Crippen LogP) is 4.03. The number of nitro groups is 1. The molecule has 0 aliphatic carbocycles. The van der Waals surface area contributed by atoms with Gasteiger partial charge in [0.2, 0.25) is 5.75 Å². The molecule has 0 unspecified atom stereocenters. The molecule has 2 aromatic carbocycles. The largest absolute Gasteiger partial charge is 0.496 e. The average Bonchev–Trinajstić information content (AvgIpc) is 2.49. The summed E-state index contributed by atoms with van der Waals surface area (Å²) in [4.78, 5) is 10.5. The number of nitrogens with zero attached hydrogens (tertiary/aromatic N) is 2. The molecule has 0 saturated heterocycles. The van der Waals surface area contributed by atoms with Gasteiger partial charge < -0.3 is 9.47 Å². The zero-order valence-electron chi connectivity index (χ0n) is 10.9. The van der Waals surface area contributed by atoms with Crippen LogP contribution < -0.4 is 9.47 Å². The van der Waals surface area contributed by atoms with Gasteiger partial charge in [-0.2, -0.15) is 5.26 Å². The third-order valence-electron chi connectivity index (χ3n) is 2.64. The van der Waals surface area contributed by atoms with E-state index >= 15 is 0 Å². The summed E-state index contributed by atoms with van der Waals surface area (Å²) in [6.45, 7) is 0. The van der Waals surface area contributed by atoms with Crippen LogP contribution in [0.5, 0.6) is 17.2 Å². The summed E-state index contributed by atoms with van der Waals surface area (Å²) in [5.41, 5.74) is 0.254. The minimum absolute atomic E-state index is 0.0891. The Morgan fingerprint density at radius 2 is 1.95 bits per heavy atom. The van der Waals surface area contributed by atoms with Crippen molar-refractivity contribution in [2.24, 2.45) is 0 Å². The lowest BCUT2D eigenvalue weighted by Gasteiger charge is -2.09. The van der Waals surface area contributed by atoms with Crippen molar-refractivity contribution in [2.45, 2.75) is 0 Å². The quantitative estimate of drug-likeness (QED) is 0.614. The molecule has 0 saturated carbocycles. The van der Waals surface area contributed by atoms with Crippen LogP contribution >= 0.6 is 15.9 Å². The Kier molecular flexibility index (Phi) is 4.40. The lowest BCUT2D eigenvalue weighted by Crippen LogP contribution is -1.95. The summed E-state index contributed by atoms with van der Waals surface area (Å²) in [5, 5.41) is 19.9. The summed E-state index contributed by atoms with van der Waals surface area (Å²) in [6, 6.07) is 11.0. The van der Waals surface area contributed by atoms with Gasteiger partial charge in [0.15, 0.2) is 0 Å². The van der Waals surface area contributed by atoms with Crippen molar-refractivity contribution in [2.75, 3.05) is 7.11 Å². The third kappa shape index (κ3) is 3.30. The maximum Gasteiger partial charge on any atom is 0.315 e. The van der Waals surface area contributed by atoms with E-state index in [0.29, 0.717) is 21.5 Å². The van der Waals surface area contributed by atoms with Gasteiger partial charge in [-0.1, -0.05) is 0 Å². The van der Waals surface area contributed by atoms with E-state index in [1.54, 1.807) is 24.3 Å². The average molecular weight is 349 g/mol. The molecule has 2 rings (SSSR count). The van der Waals surface area contributed by atoms with Crippen molar-refractivity contribution in [1.29, 1.82) is 5.26 Å². The fraction of sp³-hybridized carbons (Fsp3) is 0.0714. The molecular weight excluding hydrogens is 340 g/mol. The highest BCUT2D eigenvalue weighted by atomic mass is 79.9. The Hall–Kier alpha value is -2.59. The number of nitriles is 1. The first-order chi connectivity index (χ1) is 10.0. The highest BCUT2D eigenvalue weighted by Crippen LogP contribution is 2.37. The standard InChI is InChI=1S/C14H9BrN2O4/c1-20-10-3-5-14(12(7-10)17(18)19)21-13-4-2-9(8-16)6-11(13)15/h2-7H,1H3. The molecule has 0 atom stereocenters. The fourth-order valence-electron chi connectivity index (χ4n) is 1.62. The van der Waals surface area contributed by atoms with Crippen LogP contribution in [-0.2, 0) is 0 Å². The third-order valence-corrected chi connectivity index (χ3v) is 3.26. The van der Waals surface area contributed by atoms with Crippen molar-refractivity contribution in [1.82, 2.24) is 0 Å². The van der Waals surface area contributed by atoms with Crippen LogP contribution in [0.15, 0.2) is 40.9 Å². The van der Waals surface area contributed by atoms with Gasteiger partial charge in [-0.15, -0.1) is 0 Å². The maximum absolute atomic E-state index is 11.1. The second kappa shape index (κ2) is 6.24. The number of ether oxygens (including phenoxy) is 2. The van der Waals surface area contributed by atoms with E-state index < -0.39 is 4.92 Å². The molecule has 0 aromatic heterocycles. The number of hydrogen-bond acceptors (Lipinski definition) is 5. The molecule has 0 fully saturated rings. The lowest BCUT2D eigenvalue weighted by molar-refractivity contribution is -0.385. The van der Waals surface area contributed by atoms with Crippen LogP contribution in [0.3, 0.4) is 0 Å². The SMILES string of the molecule is COc1ccc(Oc2ccc(C#N)cc2Br)c([N+](=O)[O-])c1. The van der Waals surface area contributed by atoms with Gasteiger partial charge in [0, 0.05) is 0 Å². The van der Waals surface area contributed by atoms with E-state index in [1.165, 1.54) is 19.2 Å². The zero-order valence-corrected chi connectivity index (χ0v) is 12.5. The van der Waals surface area contributed by atoms with Gasteiger partial charge in [-0.05, 0) is 46.3 Å². The molecule has 0 radical (unpaired) electrons. The highest BCUT2D eigenvalue weighted by molar-refractivity contribution is 9.10. The molecule has 6 nitrogen and oxygen atoms in total. The first-order valence-corrected chi connectivity index (χ1v) is 6.54. The van der Waals surface area contributed by atoms with Gasteiger partial charge in [0.25, 0.3) is 0 Å². The number of hydrogen-bond donors (Lipinski definition) is 0. The minimum Gasteiger partial charge on any atom is -0.496 e. The Balaban J connectivity index is 2.40. The second-order valence-corrected chi connectivity index (χ2v) is 4.80. The summed E-state index contributed by atoms with van der Waals surface area (Å²) >= 11 is 3.26. The van der Waals surface area contributed by atoms with Crippen molar-refractivity contribution in [3.05, 3.63) is 56.5 Å². The van der Waals surface area contributed by atoms with Crippen molar-refractivity contribution in [3.8, 4) is 23.3 Å². The molecule has 0 aliphatic heterocycles. The first kappa shape index (κ1) is 14.8. The van der Waals surface area contributed by atoms with Gasteiger partial charge in [0.05, 0.1) is 34.2 Å². The van der Waals surface area contributed by atoms with E-state index in [0.717, 1.165) is 0 Å². The van der Waals surface area contributed by atoms with Gasteiger partial charge in [0.1, 0.15) is 11.5 Å². The van der Waals surface area contributed by atoms with Gasteiger partial charge in [-0.3, -0.25) is 10.1 Å². The van der Waals surface area contributed by atoms with Crippen LogP contribution in [-0.4, -0.2) is 12.0 Å². The Morgan fingerprint density at radius 1 is 1.24 bits per heavy atom. The summed E-state index contributed by atoms with van der Waals surface area (Å²) < 4.78 is 11.0. The van der Waals surface area contributed by atoms with Crippen molar-refractivity contribution >= 4 is 21.6 Å². The topological polar surface area (TPSA) is 85.4 Å². The molecule has 0 spiro atoms. The van der Waals surface area contributed by atoms with Crippen LogP contribution in [0.4, 0.5) is 5.69 Å². The number of rotatable bonds is 4. The number of halogens is 1. The summed E-state index contributed by atoms with van der Waals surface area (Å²) in [5.74, 6) is 0.835. The Morgan fingerprint density at radius 3 is 2.52 bits per heavy atom. The normalized spacial score (nSPS) is 9.76. The molecule has 7 heteroatoms. The Labute approximate surface area is 128 Å². The monoisotopic (exact) mass is 348 g/mol. The molecule has 0 N–H and O–H groups in total. The molecular formula is C14H9BrN2O4. The molecule has 0 heterocycles. The zero-order chi connectivity index (χ0) is 15.4. The molecule has 106 valence electrons. The molecule has 0 amide bonds. The molecule has 21 heavy (non-hydrogen) atoms. The Bertz CT molecular complexity index is 740. The number of benzene rings is 2. The summed E-state index contributed by atoms with van der Waals surface area (Å²) in [6.07, 6.45) is 0. The van der Waals surface area contributed by atoms with Crippen molar-refractivity contribution in [3.63, 3.8) is 0 Å². The predicted molar refractivity (Wildman–Crippen MR) is 78.6 cm³/mol. The molecule has 0 aliphatic rings.